The summed E-state index contributed by atoms with van der Waals surface area (Å²) >= 11 is 0. The van der Waals surface area contributed by atoms with E-state index in [0.717, 1.165) is 6.26 Å². The van der Waals surface area contributed by atoms with Crippen molar-refractivity contribution in [3.05, 3.63) is 54.3 Å². The second-order valence-corrected chi connectivity index (χ2v) is 6.64. The Kier molecular flexibility index (Phi) is 2.98. The van der Waals surface area contributed by atoms with Crippen LogP contribution < -0.4 is 0 Å². The molecule has 3 aromatic rings. The highest BCUT2D eigenvalue weighted by Gasteiger charge is 2.18. The Hall–Kier alpha value is -2.34. The first kappa shape index (κ1) is 13.6. The number of benzene rings is 2. The molecule has 1 heterocycles. The summed E-state index contributed by atoms with van der Waals surface area (Å²) in [6.07, 6.45) is 1.10. The predicted octanol–water partition coefficient (Wildman–Crippen LogP) is 2.96. The van der Waals surface area contributed by atoms with Crippen LogP contribution in [-0.2, 0) is 10.0 Å². The lowest BCUT2D eigenvalue weighted by atomic mass is 10.1. The van der Waals surface area contributed by atoms with Gasteiger partial charge in [0.05, 0.1) is 17.5 Å². The second kappa shape index (κ2) is 4.60. The van der Waals surface area contributed by atoms with Crippen LogP contribution in [0, 0.1) is 5.82 Å². The molecule has 4 nitrogen and oxygen atoms in total. The fourth-order valence-corrected chi connectivity index (χ4v) is 3.39. The number of aromatic nitrogens is 1. The van der Waals surface area contributed by atoms with E-state index in [2.05, 4.69) is 0 Å². The van der Waals surface area contributed by atoms with Crippen molar-refractivity contribution in [2.24, 2.45) is 0 Å². The molecule has 3 rings (SSSR count). The minimum Gasteiger partial charge on any atom is -0.508 e. The van der Waals surface area contributed by atoms with Crippen LogP contribution in [0.3, 0.4) is 0 Å². The molecule has 2 aromatic carbocycles. The molecule has 0 saturated heterocycles. The van der Waals surface area contributed by atoms with E-state index in [1.165, 1.54) is 34.3 Å². The van der Waals surface area contributed by atoms with Crippen molar-refractivity contribution in [2.45, 2.75) is 0 Å². The van der Waals surface area contributed by atoms with E-state index >= 15 is 0 Å². The summed E-state index contributed by atoms with van der Waals surface area (Å²) in [6, 6.07) is 11.7. The van der Waals surface area contributed by atoms with Crippen LogP contribution in [-0.4, -0.2) is 23.8 Å². The quantitative estimate of drug-likeness (QED) is 0.792. The number of fused-ring (bicyclic) bond motifs is 1. The molecule has 0 aliphatic carbocycles. The zero-order valence-corrected chi connectivity index (χ0v) is 11.9. The van der Waals surface area contributed by atoms with Crippen molar-refractivity contribution in [1.82, 2.24) is 3.97 Å². The van der Waals surface area contributed by atoms with Crippen LogP contribution in [0.1, 0.15) is 0 Å². The lowest BCUT2D eigenvalue weighted by molar-refractivity contribution is 0.475. The Balaban J connectivity index is 2.38. The van der Waals surface area contributed by atoms with Gasteiger partial charge in [-0.25, -0.2) is 16.8 Å². The average Bonchev–Trinajstić information content (AvgIpc) is 2.77. The summed E-state index contributed by atoms with van der Waals surface area (Å²) < 4.78 is 38.7. The van der Waals surface area contributed by atoms with Gasteiger partial charge in [-0.05, 0) is 54.1 Å². The Morgan fingerprint density at radius 1 is 1.05 bits per heavy atom. The third-order valence-electron chi connectivity index (χ3n) is 3.21. The first-order valence-electron chi connectivity index (χ1n) is 6.17. The number of nitrogens with zero attached hydrogens (tertiary/aromatic N) is 1. The summed E-state index contributed by atoms with van der Waals surface area (Å²) in [6.45, 7) is 0. The molecule has 0 aliphatic heterocycles. The van der Waals surface area contributed by atoms with E-state index < -0.39 is 15.8 Å². The number of phenols is 1. The Morgan fingerprint density at radius 3 is 2.33 bits per heavy atom. The molecule has 0 amide bonds. The van der Waals surface area contributed by atoms with Gasteiger partial charge in [0, 0.05) is 5.39 Å². The van der Waals surface area contributed by atoms with Crippen LogP contribution in [0.5, 0.6) is 5.75 Å². The van der Waals surface area contributed by atoms with E-state index in [0.29, 0.717) is 22.2 Å². The first-order chi connectivity index (χ1) is 9.86. The van der Waals surface area contributed by atoms with Gasteiger partial charge in [0.25, 0.3) is 0 Å². The average molecular weight is 305 g/mol. The second-order valence-electron chi connectivity index (χ2n) is 4.81. The molecule has 0 atom stereocenters. The third-order valence-corrected chi connectivity index (χ3v) is 4.27. The normalized spacial score (nSPS) is 11.9. The zero-order chi connectivity index (χ0) is 15.2. The van der Waals surface area contributed by atoms with E-state index in [1.54, 1.807) is 18.2 Å². The number of halogens is 1. The molecule has 108 valence electrons. The van der Waals surface area contributed by atoms with E-state index in [9.17, 15) is 17.9 Å². The van der Waals surface area contributed by atoms with Gasteiger partial charge in [0.1, 0.15) is 11.6 Å². The maximum Gasteiger partial charge on any atom is 0.236 e. The smallest absolute Gasteiger partial charge is 0.236 e. The van der Waals surface area contributed by atoms with Gasteiger partial charge in [0.2, 0.25) is 10.0 Å². The summed E-state index contributed by atoms with van der Waals surface area (Å²) in [5.74, 6) is -0.336. The SMILES string of the molecule is CS(=O)(=O)n1c(-c2ccc(O)cc2)cc2cc(F)ccc21. The topological polar surface area (TPSA) is 59.3 Å². The standard InChI is InChI=1S/C15H12FNO3S/c1-21(19,20)17-14-7-4-12(16)8-11(14)9-15(17)10-2-5-13(18)6-3-10/h2-9,18H,1H3. The molecular weight excluding hydrogens is 293 g/mol. The predicted molar refractivity (Wildman–Crippen MR) is 79.2 cm³/mol. The van der Waals surface area contributed by atoms with Crippen LogP contribution in [0.15, 0.2) is 48.5 Å². The van der Waals surface area contributed by atoms with Gasteiger partial charge in [-0.2, -0.15) is 0 Å². The lowest BCUT2D eigenvalue weighted by Gasteiger charge is -2.08. The lowest BCUT2D eigenvalue weighted by Crippen LogP contribution is -2.11. The highest BCUT2D eigenvalue weighted by atomic mass is 32.2. The molecule has 0 fully saturated rings. The van der Waals surface area contributed by atoms with Crippen LogP contribution in [0.2, 0.25) is 0 Å². The fraction of sp³-hybridized carbons (Fsp3) is 0.0667. The molecule has 0 spiro atoms. The summed E-state index contributed by atoms with van der Waals surface area (Å²) in [5.41, 5.74) is 1.47. The first-order valence-corrected chi connectivity index (χ1v) is 8.02. The monoisotopic (exact) mass is 305 g/mol. The molecule has 21 heavy (non-hydrogen) atoms. The van der Waals surface area contributed by atoms with Gasteiger partial charge >= 0.3 is 0 Å². The highest BCUT2D eigenvalue weighted by Crippen LogP contribution is 2.30. The van der Waals surface area contributed by atoms with Crippen molar-refractivity contribution in [3.63, 3.8) is 0 Å². The molecule has 0 unspecified atom stereocenters. The van der Waals surface area contributed by atoms with Gasteiger partial charge in [0.15, 0.2) is 0 Å². The van der Waals surface area contributed by atoms with Gasteiger partial charge < -0.3 is 5.11 Å². The Morgan fingerprint density at radius 2 is 1.71 bits per heavy atom. The maximum absolute atomic E-state index is 13.3. The largest absolute Gasteiger partial charge is 0.508 e. The van der Waals surface area contributed by atoms with Crippen molar-refractivity contribution in [2.75, 3.05) is 6.26 Å². The van der Waals surface area contributed by atoms with E-state index in [1.807, 2.05) is 0 Å². The molecule has 1 N–H and O–H groups in total. The molecule has 6 heteroatoms. The van der Waals surface area contributed by atoms with Crippen LogP contribution in [0.4, 0.5) is 4.39 Å². The van der Waals surface area contributed by atoms with Crippen LogP contribution >= 0.6 is 0 Å². The Labute approximate surface area is 121 Å². The molecule has 0 radical (unpaired) electrons. The van der Waals surface area contributed by atoms with E-state index in [-0.39, 0.29) is 5.75 Å². The fourth-order valence-electron chi connectivity index (χ4n) is 2.35. The molecule has 1 aromatic heterocycles. The van der Waals surface area contributed by atoms with Crippen molar-refractivity contribution in [1.29, 1.82) is 0 Å². The number of hydrogen-bond acceptors (Lipinski definition) is 3. The molecule has 0 saturated carbocycles. The summed E-state index contributed by atoms with van der Waals surface area (Å²) in [4.78, 5) is 0. The molecular formula is C15H12FNO3S. The number of aromatic hydroxyl groups is 1. The van der Waals surface area contributed by atoms with Gasteiger partial charge in [-0.3, -0.25) is 0 Å². The minimum atomic E-state index is -3.56. The number of hydrogen-bond donors (Lipinski definition) is 1. The third kappa shape index (κ3) is 2.38. The number of rotatable bonds is 2. The van der Waals surface area contributed by atoms with Crippen molar-refractivity contribution < 1.29 is 17.9 Å². The Bertz CT molecular complexity index is 927. The van der Waals surface area contributed by atoms with E-state index in [4.69, 9.17) is 0 Å². The number of phenolic OH excluding ortho intramolecular Hbond substituents is 1. The summed E-state index contributed by atoms with van der Waals surface area (Å²) in [5, 5.41) is 9.84. The van der Waals surface area contributed by atoms with Crippen molar-refractivity contribution >= 4 is 20.9 Å². The molecule has 0 aliphatic rings. The highest BCUT2D eigenvalue weighted by molar-refractivity contribution is 7.89. The van der Waals surface area contributed by atoms with Gasteiger partial charge in [-0.15, -0.1) is 0 Å². The maximum atomic E-state index is 13.3. The minimum absolute atomic E-state index is 0.0896. The molecule has 0 bridgehead atoms. The zero-order valence-electron chi connectivity index (χ0n) is 11.1. The van der Waals surface area contributed by atoms with Crippen LogP contribution in [0.25, 0.3) is 22.2 Å². The summed E-state index contributed by atoms with van der Waals surface area (Å²) in [7, 11) is -3.56. The van der Waals surface area contributed by atoms with Gasteiger partial charge in [-0.1, -0.05) is 0 Å². The van der Waals surface area contributed by atoms with Crippen molar-refractivity contribution in [3.8, 4) is 17.0 Å².